The van der Waals surface area contributed by atoms with Crippen LogP contribution in [0.15, 0.2) is 36.4 Å². The van der Waals surface area contributed by atoms with Gasteiger partial charge >= 0.3 is 0 Å². The Morgan fingerprint density at radius 1 is 1.12 bits per heavy atom. The number of aromatic hydroxyl groups is 1. The maximum atomic E-state index is 9.94. The first-order valence-electron chi connectivity index (χ1n) is 5.71. The first-order valence-corrected chi connectivity index (χ1v) is 5.71. The van der Waals surface area contributed by atoms with Gasteiger partial charge in [0, 0.05) is 18.7 Å². The molecule has 2 aromatic carbocycles. The molecule has 0 unspecified atom stereocenters. The Hall–Kier alpha value is -1.58. The highest BCUT2D eigenvalue weighted by Gasteiger charge is 2.08. The second-order valence-corrected chi connectivity index (χ2v) is 4.25. The Labute approximate surface area is 101 Å². The van der Waals surface area contributed by atoms with Crippen LogP contribution >= 0.6 is 0 Å². The van der Waals surface area contributed by atoms with E-state index < -0.39 is 0 Å². The number of phenols is 1. The van der Waals surface area contributed by atoms with Crippen LogP contribution in [-0.2, 0) is 6.54 Å². The Bertz CT molecular complexity index is 511. The van der Waals surface area contributed by atoms with Gasteiger partial charge in [0.1, 0.15) is 5.75 Å². The van der Waals surface area contributed by atoms with Gasteiger partial charge in [0.05, 0.1) is 6.61 Å². The van der Waals surface area contributed by atoms with Crippen molar-refractivity contribution in [2.24, 2.45) is 0 Å². The number of hydrogen-bond donors (Lipinski definition) is 2. The van der Waals surface area contributed by atoms with Crippen LogP contribution in [0.3, 0.4) is 0 Å². The molecule has 17 heavy (non-hydrogen) atoms. The number of hydrogen-bond acceptors (Lipinski definition) is 3. The van der Waals surface area contributed by atoms with E-state index in [2.05, 4.69) is 0 Å². The van der Waals surface area contributed by atoms with Gasteiger partial charge in [-0.15, -0.1) is 0 Å². The third-order valence-corrected chi connectivity index (χ3v) is 2.93. The third-order valence-electron chi connectivity index (χ3n) is 2.93. The van der Waals surface area contributed by atoms with Crippen LogP contribution in [0, 0.1) is 0 Å². The monoisotopic (exact) mass is 231 g/mol. The Morgan fingerprint density at radius 2 is 1.88 bits per heavy atom. The highest BCUT2D eigenvalue weighted by atomic mass is 16.3. The molecular formula is C14H17NO2. The standard InChI is InChI=1S/C14H17NO2/c1-15(8-9-16)10-13-12-5-3-2-4-11(12)6-7-14(13)17/h2-7,16-17H,8-10H2,1H3. The van der Waals surface area contributed by atoms with Gasteiger partial charge in [-0.2, -0.15) is 0 Å². The van der Waals surface area contributed by atoms with Crippen molar-refractivity contribution < 1.29 is 10.2 Å². The molecule has 0 aliphatic carbocycles. The zero-order valence-corrected chi connectivity index (χ0v) is 9.93. The smallest absolute Gasteiger partial charge is 0.120 e. The highest BCUT2D eigenvalue weighted by Crippen LogP contribution is 2.27. The van der Waals surface area contributed by atoms with Crippen LogP contribution in [-0.4, -0.2) is 35.3 Å². The largest absolute Gasteiger partial charge is 0.508 e. The molecule has 2 N–H and O–H groups in total. The minimum atomic E-state index is 0.127. The summed E-state index contributed by atoms with van der Waals surface area (Å²) in [5, 5.41) is 21.0. The van der Waals surface area contributed by atoms with Gasteiger partial charge in [0.2, 0.25) is 0 Å². The predicted octanol–water partition coefficient (Wildman–Crippen LogP) is 1.97. The topological polar surface area (TPSA) is 43.7 Å². The van der Waals surface area contributed by atoms with E-state index in [-0.39, 0.29) is 6.61 Å². The van der Waals surface area contributed by atoms with Crippen molar-refractivity contribution in [3.05, 3.63) is 42.0 Å². The molecule has 3 heteroatoms. The molecule has 0 fully saturated rings. The molecule has 0 heterocycles. The van der Waals surface area contributed by atoms with Gasteiger partial charge in [0.25, 0.3) is 0 Å². The zero-order chi connectivity index (χ0) is 12.3. The fourth-order valence-electron chi connectivity index (χ4n) is 2.01. The number of phenolic OH excluding ortho intramolecular Hbond substituents is 1. The first kappa shape index (κ1) is 11.9. The van der Waals surface area contributed by atoms with Crippen LogP contribution < -0.4 is 0 Å². The summed E-state index contributed by atoms with van der Waals surface area (Å²) in [6, 6.07) is 11.6. The fraction of sp³-hybridized carbons (Fsp3) is 0.286. The quantitative estimate of drug-likeness (QED) is 0.845. The molecule has 2 rings (SSSR count). The number of likely N-dealkylation sites (N-methyl/N-ethyl adjacent to an activating group) is 1. The van der Waals surface area contributed by atoms with Crippen LogP contribution in [0.25, 0.3) is 10.8 Å². The van der Waals surface area contributed by atoms with E-state index in [1.54, 1.807) is 6.07 Å². The normalized spacial score (nSPS) is 11.2. The van der Waals surface area contributed by atoms with Gasteiger partial charge in [-0.05, 0) is 23.9 Å². The van der Waals surface area contributed by atoms with E-state index in [9.17, 15) is 5.11 Å². The second-order valence-electron chi connectivity index (χ2n) is 4.25. The minimum absolute atomic E-state index is 0.127. The van der Waals surface area contributed by atoms with Crippen molar-refractivity contribution in [3.8, 4) is 5.75 Å². The number of aliphatic hydroxyl groups excluding tert-OH is 1. The van der Waals surface area contributed by atoms with E-state index in [0.29, 0.717) is 18.8 Å². The van der Waals surface area contributed by atoms with Gasteiger partial charge in [-0.3, -0.25) is 4.90 Å². The number of rotatable bonds is 4. The van der Waals surface area contributed by atoms with Crippen molar-refractivity contribution in [2.45, 2.75) is 6.54 Å². The number of fused-ring (bicyclic) bond motifs is 1. The minimum Gasteiger partial charge on any atom is -0.508 e. The van der Waals surface area contributed by atoms with E-state index in [1.807, 2.05) is 42.3 Å². The van der Waals surface area contributed by atoms with Crippen LogP contribution in [0.2, 0.25) is 0 Å². The molecule has 0 atom stereocenters. The molecule has 0 bridgehead atoms. The predicted molar refractivity (Wildman–Crippen MR) is 69.0 cm³/mol. The molecule has 0 radical (unpaired) electrons. The summed E-state index contributed by atoms with van der Waals surface area (Å²) in [5.74, 6) is 0.313. The zero-order valence-electron chi connectivity index (χ0n) is 9.93. The number of aliphatic hydroxyl groups is 1. The van der Waals surface area contributed by atoms with Crippen molar-refractivity contribution in [3.63, 3.8) is 0 Å². The first-order chi connectivity index (χ1) is 8.22. The molecule has 3 nitrogen and oxygen atoms in total. The summed E-state index contributed by atoms with van der Waals surface area (Å²) in [5.41, 5.74) is 0.916. The third kappa shape index (κ3) is 2.57. The van der Waals surface area contributed by atoms with E-state index in [0.717, 1.165) is 16.3 Å². The Balaban J connectivity index is 2.40. The van der Waals surface area contributed by atoms with Gasteiger partial charge in [-0.1, -0.05) is 30.3 Å². The molecule has 0 spiro atoms. The molecule has 0 saturated heterocycles. The summed E-state index contributed by atoms with van der Waals surface area (Å²) < 4.78 is 0. The molecule has 0 aliphatic heterocycles. The van der Waals surface area contributed by atoms with Gasteiger partial charge < -0.3 is 10.2 Å². The Morgan fingerprint density at radius 3 is 2.65 bits per heavy atom. The average molecular weight is 231 g/mol. The summed E-state index contributed by atoms with van der Waals surface area (Å²) in [6.07, 6.45) is 0. The lowest BCUT2D eigenvalue weighted by Crippen LogP contribution is -2.21. The summed E-state index contributed by atoms with van der Waals surface area (Å²) in [6.45, 7) is 1.36. The number of nitrogens with zero attached hydrogens (tertiary/aromatic N) is 1. The SMILES string of the molecule is CN(CCO)Cc1c(O)ccc2ccccc12. The van der Waals surface area contributed by atoms with Crippen molar-refractivity contribution in [2.75, 3.05) is 20.2 Å². The highest BCUT2D eigenvalue weighted by molar-refractivity contribution is 5.87. The summed E-state index contributed by atoms with van der Waals surface area (Å²) in [4.78, 5) is 1.99. The average Bonchev–Trinajstić information content (AvgIpc) is 2.33. The van der Waals surface area contributed by atoms with Crippen LogP contribution in [0.1, 0.15) is 5.56 Å². The van der Waals surface area contributed by atoms with Crippen molar-refractivity contribution in [1.29, 1.82) is 0 Å². The lowest BCUT2D eigenvalue weighted by atomic mass is 10.0. The van der Waals surface area contributed by atoms with Crippen molar-refractivity contribution >= 4 is 10.8 Å². The summed E-state index contributed by atoms with van der Waals surface area (Å²) in [7, 11) is 1.93. The van der Waals surface area contributed by atoms with E-state index in [1.165, 1.54) is 0 Å². The molecule has 0 amide bonds. The van der Waals surface area contributed by atoms with Crippen molar-refractivity contribution in [1.82, 2.24) is 4.90 Å². The molecular weight excluding hydrogens is 214 g/mol. The second kappa shape index (κ2) is 5.17. The molecule has 2 aromatic rings. The molecule has 90 valence electrons. The molecule has 0 aromatic heterocycles. The van der Waals surface area contributed by atoms with E-state index >= 15 is 0 Å². The maximum absolute atomic E-state index is 9.94. The van der Waals surface area contributed by atoms with Gasteiger partial charge in [-0.25, -0.2) is 0 Å². The lowest BCUT2D eigenvalue weighted by molar-refractivity contribution is 0.216. The number of benzene rings is 2. The van der Waals surface area contributed by atoms with Gasteiger partial charge in [0.15, 0.2) is 0 Å². The summed E-state index contributed by atoms with van der Waals surface area (Å²) >= 11 is 0. The van der Waals surface area contributed by atoms with E-state index in [4.69, 9.17) is 5.11 Å². The fourth-order valence-corrected chi connectivity index (χ4v) is 2.01. The molecule has 0 saturated carbocycles. The Kier molecular flexibility index (Phi) is 3.61. The lowest BCUT2D eigenvalue weighted by Gasteiger charge is -2.17. The van der Waals surface area contributed by atoms with Crippen LogP contribution in [0.5, 0.6) is 5.75 Å². The maximum Gasteiger partial charge on any atom is 0.120 e. The van der Waals surface area contributed by atoms with Crippen LogP contribution in [0.4, 0.5) is 0 Å². The molecule has 0 aliphatic rings.